The molecule has 0 saturated carbocycles. The second-order valence-electron chi connectivity index (χ2n) is 3.71. The van der Waals surface area contributed by atoms with Crippen LogP contribution in [0.15, 0.2) is 36.4 Å². The Morgan fingerprint density at radius 2 is 1.87 bits per heavy atom. The van der Waals surface area contributed by atoms with Gasteiger partial charge in [-0.25, -0.2) is 0 Å². The Labute approximate surface area is 94.6 Å². The summed E-state index contributed by atoms with van der Waals surface area (Å²) in [5.74, 6) is 0. The average Bonchev–Trinajstić information content (AvgIpc) is 2.63. The molecule has 0 aliphatic carbocycles. The third-order valence-corrected chi connectivity index (χ3v) is 3.55. The van der Waals surface area contributed by atoms with Crippen molar-refractivity contribution < 1.29 is 0 Å². The molecule has 1 nitrogen and oxygen atoms in total. The second kappa shape index (κ2) is 4.49. The van der Waals surface area contributed by atoms with E-state index in [2.05, 4.69) is 25.1 Å². The van der Waals surface area contributed by atoms with Gasteiger partial charge in [0.15, 0.2) is 0 Å². The standard InChI is InChI=1S/C13H15NS/c1-10-6-8-12(15-10)9-7-11-4-2-3-5-13(11)14/h2-6,8H,7,9,14H2,1H3. The predicted molar refractivity (Wildman–Crippen MR) is 67.3 cm³/mol. The first-order chi connectivity index (χ1) is 7.25. The molecular formula is C13H15NS. The largest absolute Gasteiger partial charge is 0.399 e. The van der Waals surface area contributed by atoms with Gasteiger partial charge in [0.25, 0.3) is 0 Å². The smallest absolute Gasteiger partial charge is 0.0346 e. The van der Waals surface area contributed by atoms with E-state index in [4.69, 9.17) is 5.73 Å². The first-order valence-corrected chi connectivity index (χ1v) is 5.96. The van der Waals surface area contributed by atoms with Crippen LogP contribution in [0.2, 0.25) is 0 Å². The summed E-state index contributed by atoms with van der Waals surface area (Å²) in [6.45, 7) is 2.14. The van der Waals surface area contributed by atoms with Crippen LogP contribution in [0, 0.1) is 6.92 Å². The minimum atomic E-state index is 0.908. The van der Waals surface area contributed by atoms with E-state index in [1.807, 2.05) is 29.5 Å². The molecule has 0 unspecified atom stereocenters. The molecule has 0 radical (unpaired) electrons. The van der Waals surface area contributed by atoms with E-state index >= 15 is 0 Å². The van der Waals surface area contributed by atoms with Gasteiger partial charge in [0.1, 0.15) is 0 Å². The van der Waals surface area contributed by atoms with Crippen molar-refractivity contribution in [1.82, 2.24) is 0 Å². The van der Waals surface area contributed by atoms with E-state index in [-0.39, 0.29) is 0 Å². The van der Waals surface area contributed by atoms with Crippen molar-refractivity contribution in [3.8, 4) is 0 Å². The minimum Gasteiger partial charge on any atom is -0.399 e. The number of aryl methyl sites for hydroxylation is 3. The molecule has 2 aromatic rings. The van der Waals surface area contributed by atoms with Crippen molar-refractivity contribution in [1.29, 1.82) is 0 Å². The molecule has 0 bridgehead atoms. The Kier molecular flexibility index (Phi) is 3.07. The number of nitrogens with two attached hydrogens (primary N) is 1. The fraction of sp³-hybridized carbons (Fsp3) is 0.231. The van der Waals surface area contributed by atoms with Crippen molar-refractivity contribution in [2.45, 2.75) is 19.8 Å². The first kappa shape index (κ1) is 10.2. The molecule has 0 spiro atoms. The average molecular weight is 217 g/mol. The highest BCUT2D eigenvalue weighted by Crippen LogP contribution is 2.19. The first-order valence-electron chi connectivity index (χ1n) is 5.14. The SMILES string of the molecule is Cc1ccc(CCc2ccccc2N)s1. The van der Waals surface area contributed by atoms with Crippen LogP contribution in [-0.4, -0.2) is 0 Å². The van der Waals surface area contributed by atoms with Crippen molar-refractivity contribution in [3.05, 3.63) is 51.7 Å². The quantitative estimate of drug-likeness (QED) is 0.783. The molecule has 0 atom stereocenters. The maximum atomic E-state index is 5.89. The lowest BCUT2D eigenvalue weighted by atomic mass is 10.1. The Morgan fingerprint density at radius 3 is 2.53 bits per heavy atom. The summed E-state index contributed by atoms with van der Waals surface area (Å²) in [6, 6.07) is 12.5. The van der Waals surface area contributed by atoms with Gasteiger partial charge in [-0.2, -0.15) is 0 Å². The van der Waals surface area contributed by atoms with Gasteiger partial charge >= 0.3 is 0 Å². The van der Waals surface area contributed by atoms with Gasteiger partial charge in [0.2, 0.25) is 0 Å². The predicted octanol–water partition coefficient (Wildman–Crippen LogP) is 3.42. The molecule has 0 saturated heterocycles. The highest BCUT2D eigenvalue weighted by atomic mass is 32.1. The highest BCUT2D eigenvalue weighted by molar-refractivity contribution is 7.11. The third kappa shape index (κ3) is 2.60. The fourth-order valence-electron chi connectivity index (χ4n) is 1.64. The van der Waals surface area contributed by atoms with Crippen LogP contribution in [0.4, 0.5) is 5.69 Å². The van der Waals surface area contributed by atoms with E-state index in [9.17, 15) is 0 Å². The number of rotatable bonds is 3. The number of thiophene rings is 1. The van der Waals surface area contributed by atoms with Gasteiger partial charge in [-0.1, -0.05) is 18.2 Å². The lowest BCUT2D eigenvalue weighted by Gasteiger charge is -2.03. The molecule has 0 fully saturated rings. The van der Waals surface area contributed by atoms with Crippen molar-refractivity contribution in [3.63, 3.8) is 0 Å². The van der Waals surface area contributed by atoms with E-state index < -0.39 is 0 Å². The summed E-state index contributed by atoms with van der Waals surface area (Å²) in [6.07, 6.45) is 2.12. The minimum absolute atomic E-state index is 0.908. The highest BCUT2D eigenvalue weighted by Gasteiger charge is 2.00. The van der Waals surface area contributed by atoms with Gasteiger partial charge in [0.05, 0.1) is 0 Å². The van der Waals surface area contributed by atoms with Crippen LogP contribution in [0.3, 0.4) is 0 Å². The summed E-state index contributed by atoms with van der Waals surface area (Å²) in [4.78, 5) is 2.82. The van der Waals surface area contributed by atoms with E-state index in [1.54, 1.807) is 0 Å². The van der Waals surface area contributed by atoms with Crippen molar-refractivity contribution in [2.75, 3.05) is 5.73 Å². The second-order valence-corrected chi connectivity index (χ2v) is 5.08. The van der Waals surface area contributed by atoms with Gasteiger partial charge < -0.3 is 5.73 Å². The van der Waals surface area contributed by atoms with Crippen LogP contribution in [0.5, 0.6) is 0 Å². The summed E-state index contributed by atoms with van der Waals surface area (Å²) in [5, 5.41) is 0. The van der Waals surface area contributed by atoms with Crippen LogP contribution in [0.1, 0.15) is 15.3 Å². The number of anilines is 1. The molecule has 0 aliphatic rings. The molecule has 0 aliphatic heterocycles. The number of hydrogen-bond acceptors (Lipinski definition) is 2. The third-order valence-electron chi connectivity index (χ3n) is 2.49. The van der Waals surface area contributed by atoms with E-state index in [0.717, 1.165) is 18.5 Å². The van der Waals surface area contributed by atoms with Gasteiger partial charge in [-0.05, 0) is 43.5 Å². The number of hydrogen-bond donors (Lipinski definition) is 1. The van der Waals surface area contributed by atoms with Crippen LogP contribution < -0.4 is 5.73 Å². The summed E-state index contributed by atoms with van der Waals surface area (Å²) in [7, 11) is 0. The Hall–Kier alpha value is -1.28. The van der Waals surface area contributed by atoms with Crippen LogP contribution >= 0.6 is 11.3 Å². The van der Waals surface area contributed by atoms with Gasteiger partial charge in [-0.3, -0.25) is 0 Å². The lowest BCUT2D eigenvalue weighted by Crippen LogP contribution is -1.95. The molecule has 2 heteroatoms. The summed E-state index contributed by atoms with van der Waals surface area (Å²) < 4.78 is 0. The maximum absolute atomic E-state index is 5.89. The van der Waals surface area contributed by atoms with Crippen LogP contribution in [0.25, 0.3) is 0 Å². The molecular weight excluding hydrogens is 202 g/mol. The maximum Gasteiger partial charge on any atom is 0.0346 e. The zero-order valence-electron chi connectivity index (χ0n) is 8.86. The van der Waals surface area contributed by atoms with Crippen molar-refractivity contribution in [2.24, 2.45) is 0 Å². The molecule has 1 heterocycles. The van der Waals surface area contributed by atoms with Crippen molar-refractivity contribution >= 4 is 17.0 Å². The summed E-state index contributed by atoms with van der Waals surface area (Å²) >= 11 is 1.87. The fourth-order valence-corrected chi connectivity index (χ4v) is 2.53. The molecule has 2 N–H and O–H groups in total. The topological polar surface area (TPSA) is 26.0 Å². The van der Waals surface area contributed by atoms with Crippen LogP contribution in [-0.2, 0) is 12.8 Å². The number of para-hydroxylation sites is 1. The molecule has 1 aromatic heterocycles. The monoisotopic (exact) mass is 217 g/mol. The molecule has 2 rings (SSSR count). The van der Waals surface area contributed by atoms with E-state index in [0.29, 0.717) is 0 Å². The zero-order valence-corrected chi connectivity index (χ0v) is 9.68. The van der Waals surface area contributed by atoms with Gasteiger partial charge in [-0.15, -0.1) is 11.3 Å². The van der Waals surface area contributed by atoms with Gasteiger partial charge in [0, 0.05) is 15.4 Å². The van der Waals surface area contributed by atoms with E-state index in [1.165, 1.54) is 15.3 Å². The lowest BCUT2D eigenvalue weighted by molar-refractivity contribution is 0.984. The Balaban J connectivity index is 2.02. The zero-order chi connectivity index (χ0) is 10.7. The molecule has 1 aromatic carbocycles. The number of nitrogen functional groups attached to an aromatic ring is 1. The summed E-state index contributed by atoms with van der Waals surface area (Å²) in [5.41, 5.74) is 8.05. The molecule has 15 heavy (non-hydrogen) atoms. The molecule has 0 amide bonds. The normalized spacial score (nSPS) is 10.5. The number of benzene rings is 1. The Bertz CT molecular complexity index is 445. The Morgan fingerprint density at radius 1 is 1.07 bits per heavy atom. The molecule has 78 valence electrons.